The fraction of sp³-hybridized carbons (Fsp3) is 0.440. The van der Waals surface area contributed by atoms with E-state index in [2.05, 4.69) is 10.3 Å². The number of hydrogen-bond acceptors (Lipinski definition) is 5. The highest BCUT2D eigenvalue weighted by molar-refractivity contribution is 5.98. The van der Waals surface area contributed by atoms with E-state index in [1.165, 1.54) is 29.2 Å². The maximum Gasteiger partial charge on any atom is 0.256 e. The summed E-state index contributed by atoms with van der Waals surface area (Å²) in [6.45, 7) is 1.21. The molecule has 2 aromatic rings. The molecule has 1 atom stereocenters. The van der Waals surface area contributed by atoms with E-state index in [-0.39, 0.29) is 36.4 Å². The van der Waals surface area contributed by atoms with Crippen LogP contribution in [-0.4, -0.2) is 64.0 Å². The predicted octanol–water partition coefficient (Wildman–Crippen LogP) is 2.11. The third-order valence-electron chi connectivity index (χ3n) is 6.83. The van der Waals surface area contributed by atoms with Gasteiger partial charge in [0.1, 0.15) is 17.6 Å². The van der Waals surface area contributed by atoms with Crippen molar-refractivity contribution in [2.24, 2.45) is 5.92 Å². The van der Waals surface area contributed by atoms with E-state index in [0.29, 0.717) is 31.6 Å². The number of nitrogens with one attached hydrogen (secondary N) is 1. The molecule has 3 fully saturated rings. The van der Waals surface area contributed by atoms with Crippen molar-refractivity contribution in [3.05, 3.63) is 65.7 Å². The van der Waals surface area contributed by atoms with E-state index in [1.54, 1.807) is 18.3 Å². The van der Waals surface area contributed by atoms with Crippen LogP contribution in [0.2, 0.25) is 0 Å². The van der Waals surface area contributed by atoms with Gasteiger partial charge >= 0.3 is 0 Å². The van der Waals surface area contributed by atoms with Crippen LogP contribution in [0.15, 0.2) is 48.7 Å². The molecule has 3 heterocycles. The number of carbonyl (C=O) groups is 3. The van der Waals surface area contributed by atoms with Crippen molar-refractivity contribution in [1.29, 1.82) is 0 Å². The Morgan fingerprint density at radius 3 is 2.47 bits per heavy atom. The summed E-state index contributed by atoms with van der Waals surface area (Å²) >= 11 is 0. The number of benzene rings is 1. The topological polar surface area (TPSA) is 91.8 Å². The van der Waals surface area contributed by atoms with Gasteiger partial charge in [-0.1, -0.05) is 6.07 Å². The van der Waals surface area contributed by atoms with Crippen LogP contribution in [0, 0.1) is 11.7 Å². The Morgan fingerprint density at radius 2 is 1.82 bits per heavy atom. The van der Waals surface area contributed by atoms with Crippen molar-refractivity contribution in [3.63, 3.8) is 0 Å². The first kappa shape index (κ1) is 22.5. The second-order valence-corrected chi connectivity index (χ2v) is 9.09. The highest BCUT2D eigenvalue weighted by Gasteiger charge is 2.54. The number of amides is 3. The van der Waals surface area contributed by atoms with E-state index in [9.17, 15) is 18.8 Å². The first-order valence-electron chi connectivity index (χ1n) is 11.7. The zero-order chi connectivity index (χ0) is 23.7. The number of piperidine rings is 1. The van der Waals surface area contributed by atoms with Crippen molar-refractivity contribution in [1.82, 2.24) is 20.1 Å². The van der Waals surface area contributed by atoms with Gasteiger partial charge in [0.15, 0.2) is 0 Å². The molecule has 9 heteroatoms. The molecule has 1 spiro atoms. The Hall–Kier alpha value is -3.33. The second kappa shape index (κ2) is 9.13. The summed E-state index contributed by atoms with van der Waals surface area (Å²) in [5.74, 6) is -0.887. The van der Waals surface area contributed by atoms with E-state index < -0.39 is 23.5 Å². The molecule has 1 saturated carbocycles. The minimum absolute atomic E-state index is 0.0531. The van der Waals surface area contributed by atoms with Gasteiger partial charge in [-0.15, -0.1) is 0 Å². The SMILES string of the molecule is O=C(NCc1ccccn1)[C@@H]1COC2(CCN(C(=O)C3CC3)CC2)N1C(=O)c1ccc(F)cc1. The lowest BCUT2D eigenvalue weighted by Crippen LogP contribution is -2.59. The zero-order valence-electron chi connectivity index (χ0n) is 18.8. The maximum atomic E-state index is 13.6. The molecule has 1 aromatic heterocycles. The average molecular weight is 467 g/mol. The van der Waals surface area contributed by atoms with Gasteiger partial charge < -0.3 is 15.0 Å². The second-order valence-electron chi connectivity index (χ2n) is 9.09. The number of carbonyl (C=O) groups excluding carboxylic acids is 3. The van der Waals surface area contributed by atoms with E-state index in [0.717, 1.165) is 12.8 Å². The van der Waals surface area contributed by atoms with Gasteiger partial charge in [-0.05, 0) is 49.2 Å². The summed E-state index contributed by atoms with van der Waals surface area (Å²) in [5.41, 5.74) is -0.00297. The van der Waals surface area contributed by atoms with Crippen LogP contribution in [0.4, 0.5) is 4.39 Å². The van der Waals surface area contributed by atoms with Gasteiger partial charge in [0.25, 0.3) is 5.91 Å². The molecule has 1 aliphatic carbocycles. The fourth-order valence-electron chi connectivity index (χ4n) is 4.76. The van der Waals surface area contributed by atoms with Gasteiger partial charge in [0.2, 0.25) is 11.8 Å². The highest BCUT2D eigenvalue weighted by Crippen LogP contribution is 2.40. The molecule has 2 aliphatic heterocycles. The Balaban J connectivity index is 1.36. The predicted molar refractivity (Wildman–Crippen MR) is 120 cm³/mol. The van der Waals surface area contributed by atoms with Gasteiger partial charge in [-0.25, -0.2) is 4.39 Å². The molecule has 178 valence electrons. The number of hydrogen-bond donors (Lipinski definition) is 1. The molecule has 1 N–H and O–H groups in total. The number of pyridine rings is 1. The molecule has 0 radical (unpaired) electrons. The van der Waals surface area contributed by atoms with Gasteiger partial charge in [-0.2, -0.15) is 0 Å². The minimum atomic E-state index is -0.987. The third kappa shape index (κ3) is 4.40. The standard InChI is InChI=1S/C25H27FN4O4/c26-19-8-6-18(7-9-19)24(33)30-21(22(31)28-15-20-3-1-2-12-27-20)16-34-25(30)10-13-29(14-11-25)23(32)17-4-5-17/h1-3,6-9,12,17,21H,4-5,10-11,13-16H2,(H,28,31)/t21-/m0/s1. The monoisotopic (exact) mass is 466 g/mol. The Kier molecular flexibility index (Phi) is 6.03. The van der Waals surface area contributed by atoms with Crippen LogP contribution in [-0.2, 0) is 20.9 Å². The number of ether oxygens (including phenoxy) is 1. The van der Waals surface area contributed by atoms with Crippen LogP contribution < -0.4 is 5.32 Å². The lowest BCUT2D eigenvalue weighted by atomic mass is 9.96. The number of nitrogens with zero attached hydrogens (tertiary/aromatic N) is 3. The summed E-state index contributed by atoms with van der Waals surface area (Å²) in [4.78, 5) is 46.9. The Morgan fingerprint density at radius 1 is 1.09 bits per heavy atom. The number of likely N-dealkylation sites (tertiary alicyclic amines) is 1. The Bertz CT molecular complexity index is 1070. The van der Waals surface area contributed by atoms with Crippen LogP contribution in [0.1, 0.15) is 41.7 Å². The van der Waals surface area contributed by atoms with Crippen molar-refractivity contribution in [2.45, 2.75) is 44.0 Å². The third-order valence-corrected chi connectivity index (χ3v) is 6.83. The van der Waals surface area contributed by atoms with E-state index in [1.807, 2.05) is 11.0 Å². The minimum Gasteiger partial charge on any atom is -0.353 e. The van der Waals surface area contributed by atoms with Crippen LogP contribution in [0.25, 0.3) is 0 Å². The van der Waals surface area contributed by atoms with Crippen LogP contribution in [0.3, 0.4) is 0 Å². The van der Waals surface area contributed by atoms with Gasteiger partial charge in [0.05, 0.1) is 18.8 Å². The normalized spacial score (nSPS) is 21.5. The number of rotatable bonds is 5. The van der Waals surface area contributed by atoms with Crippen LogP contribution in [0.5, 0.6) is 0 Å². The first-order chi connectivity index (χ1) is 16.5. The summed E-state index contributed by atoms with van der Waals surface area (Å²) in [6, 6.07) is 9.88. The smallest absolute Gasteiger partial charge is 0.256 e. The Labute approximate surface area is 197 Å². The van der Waals surface area contributed by atoms with Gasteiger partial charge in [-0.3, -0.25) is 24.3 Å². The average Bonchev–Trinajstić information content (AvgIpc) is 3.66. The maximum absolute atomic E-state index is 13.6. The molecule has 34 heavy (non-hydrogen) atoms. The lowest BCUT2D eigenvalue weighted by molar-refractivity contribution is -0.144. The molecular weight excluding hydrogens is 439 g/mol. The summed E-state index contributed by atoms with van der Waals surface area (Å²) in [5, 5.41) is 2.86. The number of aromatic nitrogens is 1. The lowest BCUT2D eigenvalue weighted by Gasteiger charge is -2.44. The van der Waals surface area contributed by atoms with Crippen molar-refractivity contribution in [2.75, 3.05) is 19.7 Å². The summed E-state index contributed by atoms with van der Waals surface area (Å²) in [6.07, 6.45) is 4.36. The molecule has 5 rings (SSSR count). The molecule has 3 aliphatic rings. The van der Waals surface area contributed by atoms with Gasteiger partial charge in [0, 0.05) is 43.6 Å². The molecule has 2 saturated heterocycles. The zero-order valence-corrected chi connectivity index (χ0v) is 18.8. The highest BCUT2D eigenvalue weighted by atomic mass is 19.1. The molecular formula is C25H27FN4O4. The van der Waals surface area contributed by atoms with Crippen molar-refractivity contribution in [3.8, 4) is 0 Å². The molecule has 1 aromatic carbocycles. The number of halogens is 1. The largest absolute Gasteiger partial charge is 0.353 e. The molecule has 8 nitrogen and oxygen atoms in total. The quantitative estimate of drug-likeness (QED) is 0.729. The summed E-state index contributed by atoms with van der Waals surface area (Å²) in [7, 11) is 0. The summed E-state index contributed by atoms with van der Waals surface area (Å²) < 4.78 is 19.6. The fourth-order valence-corrected chi connectivity index (χ4v) is 4.76. The molecule has 0 bridgehead atoms. The first-order valence-corrected chi connectivity index (χ1v) is 11.7. The van der Waals surface area contributed by atoms with Crippen LogP contribution >= 0.6 is 0 Å². The van der Waals surface area contributed by atoms with Crippen molar-refractivity contribution >= 4 is 17.7 Å². The van der Waals surface area contributed by atoms with E-state index in [4.69, 9.17) is 4.74 Å². The molecule has 0 unspecified atom stereocenters. The van der Waals surface area contributed by atoms with E-state index >= 15 is 0 Å². The van der Waals surface area contributed by atoms with Crippen molar-refractivity contribution < 1.29 is 23.5 Å². The molecule has 3 amide bonds.